The largest absolute Gasteiger partial charge is 0.388 e. The second-order valence-corrected chi connectivity index (χ2v) is 5.93. The van der Waals surface area contributed by atoms with Crippen molar-refractivity contribution in [2.45, 2.75) is 32.4 Å². The van der Waals surface area contributed by atoms with Gasteiger partial charge < -0.3 is 14.9 Å². The van der Waals surface area contributed by atoms with Gasteiger partial charge in [-0.3, -0.25) is 0 Å². The second-order valence-electron chi connectivity index (χ2n) is 5.93. The van der Waals surface area contributed by atoms with Gasteiger partial charge in [-0.25, -0.2) is 0 Å². The lowest BCUT2D eigenvalue weighted by atomic mass is 10.1. The van der Waals surface area contributed by atoms with Gasteiger partial charge in [0.05, 0.1) is 6.10 Å². The van der Waals surface area contributed by atoms with Crippen molar-refractivity contribution < 1.29 is 5.11 Å². The minimum Gasteiger partial charge on any atom is -0.388 e. The van der Waals surface area contributed by atoms with Gasteiger partial charge in [-0.15, -0.1) is 0 Å². The van der Waals surface area contributed by atoms with Crippen molar-refractivity contribution in [2.24, 2.45) is 5.92 Å². The quantitative estimate of drug-likeness (QED) is 0.903. The Morgan fingerprint density at radius 2 is 1.89 bits per heavy atom. The van der Waals surface area contributed by atoms with Crippen LogP contribution in [0, 0.1) is 5.92 Å². The van der Waals surface area contributed by atoms with Crippen molar-refractivity contribution in [1.82, 2.24) is 4.90 Å². The summed E-state index contributed by atoms with van der Waals surface area (Å²) in [6, 6.07) is 9.01. The summed E-state index contributed by atoms with van der Waals surface area (Å²) in [5.74, 6) is 0.691. The average Bonchev–Trinajstić information content (AvgIpc) is 2.80. The maximum Gasteiger partial charge on any atom is 0.0787 e. The zero-order chi connectivity index (χ0) is 14.0. The molecule has 0 spiro atoms. The molecule has 1 N–H and O–H groups in total. The van der Waals surface area contributed by atoms with Crippen LogP contribution in [0.15, 0.2) is 24.3 Å². The van der Waals surface area contributed by atoms with Crippen LogP contribution in [0.4, 0.5) is 5.69 Å². The number of hydrogen-bond acceptors (Lipinski definition) is 3. The van der Waals surface area contributed by atoms with E-state index in [2.05, 4.69) is 55.1 Å². The topological polar surface area (TPSA) is 26.7 Å². The Bertz CT molecular complexity index is 402. The summed E-state index contributed by atoms with van der Waals surface area (Å²) in [5, 5.41) is 9.82. The minimum atomic E-state index is -0.332. The van der Waals surface area contributed by atoms with Gasteiger partial charge in [0, 0.05) is 24.8 Å². The zero-order valence-corrected chi connectivity index (χ0v) is 12.5. The molecular formula is C16H26N2O. The van der Waals surface area contributed by atoms with Gasteiger partial charge in [-0.1, -0.05) is 26.0 Å². The van der Waals surface area contributed by atoms with E-state index in [4.69, 9.17) is 0 Å². The summed E-state index contributed by atoms with van der Waals surface area (Å²) in [4.78, 5) is 4.76. The predicted molar refractivity (Wildman–Crippen MR) is 80.5 cm³/mol. The first kappa shape index (κ1) is 14.4. The Morgan fingerprint density at radius 1 is 1.26 bits per heavy atom. The van der Waals surface area contributed by atoms with Crippen LogP contribution in [0.25, 0.3) is 0 Å². The van der Waals surface area contributed by atoms with E-state index in [1.807, 2.05) is 6.92 Å². The smallest absolute Gasteiger partial charge is 0.0787 e. The van der Waals surface area contributed by atoms with Crippen LogP contribution >= 0.6 is 0 Å². The number of nitrogens with zero attached hydrogens (tertiary/aromatic N) is 2. The molecule has 1 saturated heterocycles. The summed E-state index contributed by atoms with van der Waals surface area (Å²) in [6.45, 7) is 6.52. The molecular weight excluding hydrogens is 236 g/mol. The van der Waals surface area contributed by atoms with Crippen LogP contribution in [0.5, 0.6) is 0 Å². The Hall–Kier alpha value is -1.06. The summed E-state index contributed by atoms with van der Waals surface area (Å²) in [5.41, 5.74) is 2.28. The van der Waals surface area contributed by atoms with Crippen molar-refractivity contribution in [3.8, 4) is 0 Å². The van der Waals surface area contributed by atoms with E-state index in [0.29, 0.717) is 12.0 Å². The minimum absolute atomic E-state index is 0.332. The lowest BCUT2D eigenvalue weighted by Gasteiger charge is -2.23. The van der Waals surface area contributed by atoms with Crippen LogP contribution < -0.4 is 4.90 Å². The number of aliphatic hydroxyl groups excluding tert-OH is 1. The van der Waals surface area contributed by atoms with E-state index in [0.717, 1.165) is 25.1 Å². The molecule has 1 aliphatic rings. The highest BCUT2D eigenvalue weighted by atomic mass is 16.3. The number of hydrogen-bond donors (Lipinski definition) is 1. The predicted octanol–water partition coefficient (Wildman–Crippen LogP) is 2.52. The Labute approximate surface area is 116 Å². The normalized spacial score (nSPS) is 25.1. The van der Waals surface area contributed by atoms with E-state index >= 15 is 0 Å². The molecule has 0 amide bonds. The summed E-state index contributed by atoms with van der Waals surface area (Å²) >= 11 is 0. The van der Waals surface area contributed by atoms with Crippen LogP contribution in [0.1, 0.15) is 31.9 Å². The lowest BCUT2D eigenvalue weighted by Crippen LogP contribution is -2.34. The molecule has 1 aromatic carbocycles. The molecule has 3 nitrogen and oxygen atoms in total. The first-order valence-electron chi connectivity index (χ1n) is 7.22. The molecule has 3 atom stereocenters. The fraction of sp³-hybridized carbons (Fsp3) is 0.625. The van der Waals surface area contributed by atoms with E-state index in [1.54, 1.807) is 0 Å². The van der Waals surface area contributed by atoms with Gasteiger partial charge in [0.25, 0.3) is 0 Å². The third kappa shape index (κ3) is 3.10. The Balaban J connectivity index is 2.07. The van der Waals surface area contributed by atoms with Crippen LogP contribution in [-0.2, 0) is 0 Å². The maximum absolute atomic E-state index is 9.82. The highest BCUT2D eigenvalue weighted by Crippen LogP contribution is 2.27. The molecule has 1 aliphatic heterocycles. The Morgan fingerprint density at radius 3 is 2.37 bits per heavy atom. The van der Waals surface area contributed by atoms with Gasteiger partial charge >= 0.3 is 0 Å². The molecule has 19 heavy (non-hydrogen) atoms. The number of benzene rings is 1. The molecule has 0 aromatic heterocycles. The standard InChI is InChI=1S/C16H26N2O/c1-5-16(19)13-6-8-14(9-7-13)18-10-12(2)15(11-18)17(3)4/h6-9,12,15-16,19H,5,10-11H2,1-4H3/t12?,15?,16-/m0/s1. The molecule has 106 valence electrons. The highest BCUT2D eigenvalue weighted by Gasteiger charge is 2.30. The first-order valence-corrected chi connectivity index (χ1v) is 7.22. The van der Waals surface area contributed by atoms with Gasteiger partial charge in [0.15, 0.2) is 0 Å². The first-order chi connectivity index (χ1) is 9.02. The number of rotatable bonds is 4. The number of likely N-dealkylation sites (N-methyl/N-ethyl adjacent to an activating group) is 1. The van der Waals surface area contributed by atoms with Crippen molar-refractivity contribution in [2.75, 3.05) is 32.1 Å². The van der Waals surface area contributed by atoms with Crippen LogP contribution in [0.3, 0.4) is 0 Å². The molecule has 0 bridgehead atoms. The van der Waals surface area contributed by atoms with Crippen molar-refractivity contribution in [3.05, 3.63) is 29.8 Å². The van der Waals surface area contributed by atoms with E-state index in [9.17, 15) is 5.11 Å². The summed E-state index contributed by atoms with van der Waals surface area (Å²) in [7, 11) is 4.32. The molecule has 1 fully saturated rings. The molecule has 0 aliphatic carbocycles. The fourth-order valence-corrected chi connectivity index (χ4v) is 2.98. The lowest BCUT2D eigenvalue weighted by molar-refractivity contribution is 0.173. The van der Waals surface area contributed by atoms with Crippen molar-refractivity contribution in [1.29, 1.82) is 0 Å². The van der Waals surface area contributed by atoms with Crippen molar-refractivity contribution >= 4 is 5.69 Å². The van der Waals surface area contributed by atoms with E-state index in [-0.39, 0.29) is 6.10 Å². The molecule has 1 heterocycles. The van der Waals surface area contributed by atoms with Crippen molar-refractivity contribution in [3.63, 3.8) is 0 Å². The molecule has 0 saturated carbocycles. The summed E-state index contributed by atoms with van der Waals surface area (Å²) in [6.07, 6.45) is 0.434. The zero-order valence-electron chi connectivity index (χ0n) is 12.5. The van der Waals surface area contributed by atoms with Crippen LogP contribution in [0.2, 0.25) is 0 Å². The molecule has 1 aromatic rings. The monoisotopic (exact) mass is 262 g/mol. The van der Waals surface area contributed by atoms with Gasteiger partial charge in [0.2, 0.25) is 0 Å². The van der Waals surface area contributed by atoms with Crippen LogP contribution in [-0.4, -0.2) is 43.2 Å². The fourth-order valence-electron chi connectivity index (χ4n) is 2.98. The highest BCUT2D eigenvalue weighted by molar-refractivity contribution is 5.49. The number of anilines is 1. The maximum atomic E-state index is 9.82. The molecule has 0 radical (unpaired) electrons. The van der Waals surface area contributed by atoms with E-state index < -0.39 is 0 Å². The SMILES string of the molecule is CC[C@H](O)c1ccc(N2CC(C)C(N(C)C)C2)cc1. The second kappa shape index (κ2) is 5.93. The molecule has 2 unspecified atom stereocenters. The number of aliphatic hydroxyl groups is 1. The Kier molecular flexibility index (Phi) is 4.48. The van der Waals surface area contributed by atoms with E-state index in [1.165, 1.54) is 5.69 Å². The third-order valence-corrected chi connectivity index (χ3v) is 4.27. The van der Waals surface area contributed by atoms with Gasteiger partial charge in [-0.05, 0) is 44.1 Å². The summed E-state index contributed by atoms with van der Waals surface area (Å²) < 4.78 is 0. The van der Waals surface area contributed by atoms with Gasteiger partial charge in [-0.2, -0.15) is 0 Å². The molecule has 2 rings (SSSR count). The average molecular weight is 262 g/mol. The molecule has 3 heteroatoms. The third-order valence-electron chi connectivity index (χ3n) is 4.27. The van der Waals surface area contributed by atoms with Gasteiger partial charge in [0.1, 0.15) is 0 Å².